The van der Waals surface area contributed by atoms with Crippen LogP contribution in [0.25, 0.3) is 0 Å². The molecule has 1 N–H and O–H groups in total. The van der Waals surface area contributed by atoms with Gasteiger partial charge in [-0.2, -0.15) is 0 Å². The minimum absolute atomic E-state index is 0.478. The van der Waals surface area contributed by atoms with E-state index in [4.69, 9.17) is 9.47 Å². The molecular weight excluding hydrogens is 284 g/mol. The first kappa shape index (κ1) is 11.4. The zero-order valence-corrected chi connectivity index (χ0v) is 11.3. The molecule has 3 nitrogen and oxygen atoms in total. The van der Waals surface area contributed by atoms with Gasteiger partial charge in [0.05, 0.1) is 10.1 Å². The van der Waals surface area contributed by atoms with Crippen LogP contribution in [0.1, 0.15) is 24.0 Å². The molecule has 1 aromatic carbocycles. The highest BCUT2D eigenvalue weighted by Gasteiger charge is 2.41. The molecule has 2 aliphatic rings. The van der Waals surface area contributed by atoms with Crippen LogP contribution in [0, 0.1) is 6.92 Å². The smallest absolute Gasteiger partial charge is 0.175 e. The zero-order valence-electron chi connectivity index (χ0n) is 9.75. The zero-order chi connectivity index (χ0) is 12.0. The molecular formula is C13H15BrO3. The van der Waals surface area contributed by atoms with Crippen molar-refractivity contribution < 1.29 is 14.6 Å². The van der Waals surface area contributed by atoms with Crippen molar-refractivity contribution in [2.45, 2.75) is 31.8 Å². The topological polar surface area (TPSA) is 38.7 Å². The lowest BCUT2D eigenvalue weighted by atomic mass is 10.00. The van der Waals surface area contributed by atoms with Gasteiger partial charge in [-0.1, -0.05) is 0 Å². The Hall–Kier alpha value is -0.740. The maximum absolute atomic E-state index is 10.0. The second kappa shape index (κ2) is 3.89. The van der Waals surface area contributed by atoms with Crippen molar-refractivity contribution in [1.82, 2.24) is 0 Å². The number of benzene rings is 1. The Kier molecular flexibility index (Phi) is 2.60. The molecule has 4 heteroatoms. The largest absolute Gasteiger partial charge is 0.486 e. The fourth-order valence-corrected chi connectivity index (χ4v) is 2.78. The fraction of sp³-hybridized carbons (Fsp3) is 0.538. The van der Waals surface area contributed by atoms with Crippen molar-refractivity contribution in [3.05, 3.63) is 21.7 Å². The highest BCUT2D eigenvalue weighted by Crippen LogP contribution is 2.45. The lowest BCUT2D eigenvalue weighted by molar-refractivity contribution is 0.149. The van der Waals surface area contributed by atoms with Gasteiger partial charge in [0, 0.05) is 6.42 Å². The van der Waals surface area contributed by atoms with Crippen molar-refractivity contribution in [2.24, 2.45) is 0 Å². The van der Waals surface area contributed by atoms with E-state index in [1.807, 2.05) is 13.0 Å². The Balaban J connectivity index is 2.01. The monoisotopic (exact) mass is 298 g/mol. The molecule has 17 heavy (non-hydrogen) atoms. The van der Waals surface area contributed by atoms with Gasteiger partial charge >= 0.3 is 0 Å². The van der Waals surface area contributed by atoms with Crippen molar-refractivity contribution in [2.75, 3.05) is 13.2 Å². The first-order valence-electron chi connectivity index (χ1n) is 5.89. The van der Waals surface area contributed by atoms with E-state index in [0.29, 0.717) is 19.6 Å². The van der Waals surface area contributed by atoms with Crippen LogP contribution in [-0.4, -0.2) is 23.9 Å². The first-order chi connectivity index (χ1) is 8.09. The maximum atomic E-state index is 10.0. The molecule has 1 aromatic rings. The molecule has 0 unspecified atom stereocenters. The van der Waals surface area contributed by atoms with E-state index in [1.165, 1.54) is 0 Å². The number of rotatable bonds is 2. The average molecular weight is 299 g/mol. The summed E-state index contributed by atoms with van der Waals surface area (Å²) in [6.45, 7) is 3.21. The van der Waals surface area contributed by atoms with E-state index in [-0.39, 0.29) is 0 Å². The van der Waals surface area contributed by atoms with Gasteiger partial charge in [-0.05, 0) is 52.9 Å². The number of hydrogen-bond donors (Lipinski definition) is 1. The lowest BCUT2D eigenvalue weighted by Gasteiger charge is -2.23. The van der Waals surface area contributed by atoms with Crippen LogP contribution in [0.15, 0.2) is 10.5 Å². The van der Waals surface area contributed by atoms with Gasteiger partial charge in [-0.15, -0.1) is 0 Å². The Morgan fingerprint density at radius 1 is 1.29 bits per heavy atom. The molecule has 0 bridgehead atoms. The molecule has 1 aliphatic carbocycles. The average Bonchev–Trinajstić information content (AvgIpc) is 3.04. The van der Waals surface area contributed by atoms with E-state index in [9.17, 15) is 5.11 Å². The molecule has 0 spiro atoms. The van der Waals surface area contributed by atoms with Crippen LogP contribution in [-0.2, 0) is 6.42 Å². The van der Waals surface area contributed by atoms with Crippen LogP contribution in [0.4, 0.5) is 0 Å². The summed E-state index contributed by atoms with van der Waals surface area (Å²) in [5, 5.41) is 10.0. The van der Waals surface area contributed by atoms with Crippen molar-refractivity contribution in [3.8, 4) is 11.5 Å². The predicted octanol–water partition coefficient (Wildman–Crippen LogP) is 2.60. The van der Waals surface area contributed by atoms with Gasteiger partial charge in [-0.3, -0.25) is 0 Å². The van der Waals surface area contributed by atoms with E-state index in [1.54, 1.807) is 0 Å². The highest BCUT2D eigenvalue weighted by molar-refractivity contribution is 9.10. The summed E-state index contributed by atoms with van der Waals surface area (Å²) < 4.78 is 12.2. The lowest BCUT2D eigenvalue weighted by Crippen LogP contribution is -2.18. The molecule has 1 fully saturated rings. The molecule has 1 saturated carbocycles. The van der Waals surface area contributed by atoms with Crippen molar-refractivity contribution >= 4 is 15.9 Å². The molecule has 1 aliphatic heterocycles. The standard InChI is InChI=1S/C13H15BrO3/c1-8-9(7-13(15)2-3-13)6-10(14)12-11(8)16-4-5-17-12/h6,15H,2-5,7H2,1H3. The normalized spacial score (nSPS) is 20.2. The number of halogens is 1. The summed E-state index contributed by atoms with van der Waals surface area (Å²) in [6, 6.07) is 2.04. The van der Waals surface area contributed by atoms with Gasteiger partial charge in [0.25, 0.3) is 0 Å². The van der Waals surface area contributed by atoms with Crippen LogP contribution in [0.5, 0.6) is 11.5 Å². The van der Waals surface area contributed by atoms with Gasteiger partial charge in [0.15, 0.2) is 11.5 Å². The molecule has 0 atom stereocenters. The summed E-state index contributed by atoms with van der Waals surface area (Å²) in [4.78, 5) is 0. The minimum atomic E-state index is -0.478. The van der Waals surface area contributed by atoms with Crippen LogP contribution >= 0.6 is 15.9 Å². The summed E-state index contributed by atoms with van der Waals surface area (Å²) >= 11 is 3.51. The summed E-state index contributed by atoms with van der Waals surface area (Å²) in [7, 11) is 0. The Bertz CT molecular complexity index is 466. The van der Waals surface area contributed by atoms with E-state index in [2.05, 4.69) is 15.9 Å². The summed E-state index contributed by atoms with van der Waals surface area (Å²) in [5.41, 5.74) is 1.75. The van der Waals surface area contributed by atoms with Crippen LogP contribution in [0.2, 0.25) is 0 Å². The molecule has 1 heterocycles. The Morgan fingerprint density at radius 2 is 1.94 bits per heavy atom. The molecule has 92 valence electrons. The third-order valence-electron chi connectivity index (χ3n) is 3.47. The van der Waals surface area contributed by atoms with E-state index >= 15 is 0 Å². The molecule has 0 amide bonds. The van der Waals surface area contributed by atoms with Crippen molar-refractivity contribution in [3.63, 3.8) is 0 Å². The first-order valence-corrected chi connectivity index (χ1v) is 6.68. The van der Waals surface area contributed by atoms with Gasteiger partial charge in [0.2, 0.25) is 0 Å². The molecule has 0 radical (unpaired) electrons. The summed E-state index contributed by atoms with van der Waals surface area (Å²) in [5.74, 6) is 1.62. The van der Waals surface area contributed by atoms with Gasteiger partial charge in [0.1, 0.15) is 13.2 Å². The fourth-order valence-electron chi connectivity index (χ4n) is 2.21. The predicted molar refractivity (Wildman–Crippen MR) is 67.8 cm³/mol. The van der Waals surface area contributed by atoms with Gasteiger partial charge in [-0.25, -0.2) is 0 Å². The Labute approximate surface area is 109 Å². The van der Waals surface area contributed by atoms with Gasteiger partial charge < -0.3 is 14.6 Å². The number of hydrogen-bond acceptors (Lipinski definition) is 3. The number of aliphatic hydroxyl groups is 1. The maximum Gasteiger partial charge on any atom is 0.175 e. The SMILES string of the molecule is Cc1c(CC2(O)CC2)cc(Br)c2c1OCCO2. The minimum Gasteiger partial charge on any atom is -0.486 e. The number of fused-ring (bicyclic) bond motifs is 1. The number of ether oxygens (including phenoxy) is 2. The quantitative estimate of drug-likeness (QED) is 0.912. The van der Waals surface area contributed by atoms with E-state index < -0.39 is 5.60 Å². The molecule has 0 aromatic heterocycles. The third kappa shape index (κ3) is 2.04. The Morgan fingerprint density at radius 3 is 2.59 bits per heavy atom. The second-order valence-corrected chi connectivity index (χ2v) is 5.75. The van der Waals surface area contributed by atoms with E-state index in [0.717, 1.165) is 39.9 Å². The highest BCUT2D eigenvalue weighted by atomic mass is 79.9. The van der Waals surface area contributed by atoms with Crippen molar-refractivity contribution in [1.29, 1.82) is 0 Å². The molecule has 3 rings (SSSR count). The van der Waals surface area contributed by atoms with Crippen LogP contribution in [0.3, 0.4) is 0 Å². The summed E-state index contributed by atoms with van der Waals surface area (Å²) in [6.07, 6.45) is 2.51. The molecule has 0 saturated heterocycles. The third-order valence-corrected chi connectivity index (χ3v) is 4.06. The second-order valence-electron chi connectivity index (χ2n) is 4.90. The van der Waals surface area contributed by atoms with Crippen LogP contribution < -0.4 is 9.47 Å².